The Bertz CT molecular complexity index is 262. The maximum atomic E-state index is 9.11. The average Bonchev–Trinajstić information content (AvgIpc) is 1.86. The number of hydrogen-bond acceptors (Lipinski definition) is 8. The molecule has 0 aliphatic heterocycles. The van der Waals surface area contributed by atoms with Gasteiger partial charge in [-0.2, -0.15) is 0 Å². The minimum absolute atomic E-state index is 0. The average molecular weight is 407 g/mol. The Labute approximate surface area is 209 Å². The van der Waals surface area contributed by atoms with Crippen molar-refractivity contribution in [2.75, 3.05) is 0 Å². The second-order valence-electron chi connectivity index (χ2n) is 0.816. The van der Waals surface area contributed by atoms with Crippen molar-refractivity contribution in [3.05, 3.63) is 0 Å². The summed E-state index contributed by atoms with van der Waals surface area (Å²) >= 11 is -10.7. The molecule has 0 bridgehead atoms. The standard InChI is InChI=1S/3K.2H2O4Se/c;;;2*1-5(2,3)4/h;;;2*(H2,1,2,3,4)/q;2*+1;;/p-2/i/hD2. The summed E-state index contributed by atoms with van der Waals surface area (Å²) < 4.78 is 71.0. The molecule has 0 aromatic rings. The zero-order valence-electron chi connectivity index (χ0n) is 9.08. The van der Waals surface area contributed by atoms with Gasteiger partial charge in [0.15, 0.2) is 0 Å². The van der Waals surface area contributed by atoms with E-state index in [9.17, 15) is 0 Å². The van der Waals surface area contributed by atoms with E-state index in [1.807, 2.05) is 0 Å². The second kappa shape index (κ2) is 15.0. The molecule has 0 amide bonds. The topological polar surface area (TPSA) is 155 Å². The van der Waals surface area contributed by atoms with Crippen LogP contribution >= 0.6 is 0 Å². The van der Waals surface area contributed by atoms with E-state index in [2.05, 4.69) is 8.38 Å². The summed E-state index contributed by atoms with van der Waals surface area (Å²) in [5.74, 6) is 0. The molecule has 0 saturated carbocycles. The summed E-state index contributed by atoms with van der Waals surface area (Å²) in [7, 11) is 0. The van der Waals surface area contributed by atoms with Gasteiger partial charge in [-0.15, -0.1) is 0 Å². The van der Waals surface area contributed by atoms with E-state index >= 15 is 0 Å². The van der Waals surface area contributed by atoms with Crippen molar-refractivity contribution >= 4 is 78.1 Å². The molecule has 65 valence electrons. The Hall–Kier alpha value is 4.99. The fraction of sp³-hybridized carbons (Fsp3) is 0. The van der Waals surface area contributed by atoms with Crippen LogP contribution < -0.4 is 111 Å². The SMILES string of the molecule is [2H]O[Se](=O)(=O)[O-].[2H]O[Se](=O)(=O)[O-].[K+].[K+].[K]. The zero-order valence-corrected chi connectivity index (χ0v) is 19.9. The predicted octanol–water partition coefficient (Wildman–Crippen LogP) is -11.1. The van der Waals surface area contributed by atoms with Crippen LogP contribution in [0.5, 0.6) is 0 Å². The van der Waals surface area contributed by atoms with E-state index in [0.29, 0.717) is 0 Å². The van der Waals surface area contributed by atoms with Crippen molar-refractivity contribution in [1.29, 1.82) is 2.86 Å². The zero-order chi connectivity index (χ0) is 10.4. The van der Waals surface area contributed by atoms with Crippen molar-refractivity contribution < 1.29 is 135 Å². The molecule has 13 heavy (non-hydrogen) atoms. The maximum Gasteiger partial charge on any atom is 1.00 e. The van der Waals surface area contributed by atoms with E-state index in [1.165, 1.54) is 0 Å². The van der Waals surface area contributed by atoms with Crippen molar-refractivity contribution in [2.24, 2.45) is 0 Å². The Kier molecular flexibility index (Phi) is 26.7. The maximum absolute atomic E-state index is 9.11. The van der Waals surface area contributed by atoms with Crippen molar-refractivity contribution in [3.63, 3.8) is 0 Å². The predicted molar refractivity (Wildman–Crippen MR) is 24.4 cm³/mol. The first-order valence-corrected chi connectivity index (χ1v) is 6.93. The van der Waals surface area contributed by atoms with Crippen LogP contribution in [0, 0.1) is 0 Å². The molecule has 0 rings (SSSR count). The van der Waals surface area contributed by atoms with Gasteiger partial charge in [0.25, 0.3) is 0 Å². The Morgan fingerprint density at radius 1 is 0.923 bits per heavy atom. The van der Waals surface area contributed by atoms with E-state index in [-0.39, 0.29) is 154 Å². The van der Waals surface area contributed by atoms with Gasteiger partial charge in [-0.3, -0.25) is 0 Å². The molecule has 8 nitrogen and oxygen atoms in total. The van der Waals surface area contributed by atoms with Gasteiger partial charge in [-0.05, 0) is 0 Å². The molecular weight excluding hydrogens is 403 g/mol. The van der Waals surface area contributed by atoms with Crippen LogP contribution in [0.25, 0.3) is 0 Å². The summed E-state index contributed by atoms with van der Waals surface area (Å²) in [6.07, 6.45) is 0. The van der Waals surface area contributed by atoms with Crippen LogP contribution in [0.15, 0.2) is 0 Å². The molecule has 0 atom stereocenters. The van der Waals surface area contributed by atoms with Crippen LogP contribution in [0.3, 0.4) is 0 Å². The molecule has 0 unspecified atom stereocenters. The minimum atomic E-state index is -5.36. The Morgan fingerprint density at radius 2 is 1.00 bits per heavy atom. The van der Waals surface area contributed by atoms with E-state index in [4.69, 9.17) is 26.6 Å². The largest absolute Gasteiger partial charge is 1.00 e. The molecule has 0 aromatic carbocycles. The third kappa shape index (κ3) is 153. The molecule has 1 radical (unpaired) electrons. The van der Waals surface area contributed by atoms with Gasteiger partial charge >= 0.3 is 164 Å². The van der Waals surface area contributed by atoms with Gasteiger partial charge in [0, 0.05) is 51.4 Å². The Morgan fingerprint density at radius 3 is 1.00 bits per heavy atom. The molecular formula is H2K3O8Se2. The molecule has 13 heteroatoms. The van der Waals surface area contributed by atoms with Gasteiger partial charge in [0.2, 0.25) is 0 Å². The van der Waals surface area contributed by atoms with Crippen LogP contribution in [0.4, 0.5) is 0 Å². The van der Waals surface area contributed by atoms with E-state index < -0.39 is 26.7 Å². The first-order valence-electron chi connectivity index (χ1n) is 2.15. The fourth-order valence-corrected chi connectivity index (χ4v) is 0. The third-order valence-electron chi connectivity index (χ3n) is 0. The van der Waals surface area contributed by atoms with Crippen LogP contribution in [-0.2, 0) is 15.3 Å². The first kappa shape index (κ1) is 23.1. The summed E-state index contributed by atoms with van der Waals surface area (Å²) in [4.78, 5) is 0. The minimum Gasteiger partial charge on any atom is 0 e. The van der Waals surface area contributed by atoms with Gasteiger partial charge in [0.05, 0.1) is 0 Å². The van der Waals surface area contributed by atoms with Crippen molar-refractivity contribution in [1.82, 2.24) is 0 Å². The summed E-state index contributed by atoms with van der Waals surface area (Å²) in [6, 6.07) is 0. The smallest absolute Gasteiger partial charge is 0 e. The number of hydrogen-bond donors (Lipinski definition) is 2. The molecule has 2 N–H and O–H groups in total. The number of rotatable bonds is 2. The van der Waals surface area contributed by atoms with Crippen molar-refractivity contribution in [3.8, 4) is 0 Å². The quantitative estimate of drug-likeness (QED) is 0.428. The van der Waals surface area contributed by atoms with Crippen LogP contribution in [-0.4, -0.2) is 89.4 Å². The third-order valence-corrected chi connectivity index (χ3v) is 0. The summed E-state index contributed by atoms with van der Waals surface area (Å²) in [5, 5.41) is 0. The van der Waals surface area contributed by atoms with E-state index in [1.54, 1.807) is 0 Å². The molecule has 0 fully saturated rings. The van der Waals surface area contributed by atoms with Gasteiger partial charge in [0.1, 0.15) is 0 Å². The Balaban J connectivity index is -0.0000000370. The molecule has 0 aliphatic carbocycles. The van der Waals surface area contributed by atoms with Gasteiger partial charge in [-0.1, -0.05) is 0 Å². The summed E-state index contributed by atoms with van der Waals surface area (Å²) in [6.45, 7) is 0. The monoisotopic (exact) mass is 409 g/mol. The van der Waals surface area contributed by atoms with Gasteiger partial charge < -0.3 is 0 Å². The summed E-state index contributed by atoms with van der Waals surface area (Å²) in [5.41, 5.74) is 0. The van der Waals surface area contributed by atoms with E-state index in [0.717, 1.165) is 0 Å². The first-order chi connectivity index (χ1) is 5.12. The molecule has 0 heterocycles. The normalized spacial score (nSPS) is 10.9. The molecule has 0 aromatic heterocycles. The molecule has 0 aliphatic rings. The second-order valence-corrected chi connectivity index (χ2v) is 4.24. The van der Waals surface area contributed by atoms with Crippen LogP contribution in [0.1, 0.15) is 0 Å². The molecule has 0 spiro atoms. The fourth-order valence-electron chi connectivity index (χ4n) is 0. The van der Waals surface area contributed by atoms with Gasteiger partial charge in [-0.25, -0.2) is 0 Å². The van der Waals surface area contributed by atoms with Crippen molar-refractivity contribution in [2.45, 2.75) is 0 Å². The van der Waals surface area contributed by atoms with Crippen LogP contribution in [0.2, 0.25) is 0 Å². The molecule has 0 saturated heterocycles.